The highest BCUT2D eigenvalue weighted by atomic mass is 35.5. The fourth-order valence-corrected chi connectivity index (χ4v) is 1.76. The Labute approximate surface area is 107 Å². The molecule has 1 N–H and O–H groups in total. The van der Waals surface area contributed by atoms with Crippen LogP contribution in [0.15, 0.2) is 18.2 Å². The van der Waals surface area contributed by atoms with E-state index in [1.807, 2.05) is 0 Å². The predicted molar refractivity (Wildman–Crippen MR) is 68.8 cm³/mol. The number of benzene rings is 1. The molecule has 0 aliphatic carbocycles. The Bertz CT molecular complexity index is 333. The van der Waals surface area contributed by atoms with Crippen molar-refractivity contribution in [3.63, 3.8) is 0 Å². The fourth-order valence-electron chi connectivity index (χ4n) is 1.58. The highest BCUT2D eigenvalue weighted by molar-refractivity contribution is 6.31. The lowest BCUT2D eigenvalue weighted by molar-refractivity contribution is 0.192. The van der Waals surface area contributed by atoms with Crippen molar-refractivity contribution in [1.29, 1.82) is 0 Å². The number of rotatable bonds is 8. The molecule has 96 valence electrons. The molecule has 0 heterocycles. The number of hydrogen-bond acceptors (Lipinski definition) is 2. The van der Waals surface area contributed by atoms with E-state index in [0.717, 1.165) is 38.0 Å². The summed E-state index contributed by atoms with van der Waals surface area (Å²) in [5.74, 6) is -0.244. The highest BCUT2D eigenvalue weighted by Crippen LogP contribution is 2.16. The molecule has 17 heavy (non-hydrogen) atoms. The van der Waals surface area contributed by atoms with E-state index in [2.05, 4.69) is 5.32 Å². The summed E-state index contributed by atoms with van der Waals surface area (Å²) >= 11 is 5.95. The SMILES string of the molecule is COCCCCCNCc1cc(F)ccc1Cl. The van der Waals surface area contributed by atoms with Crippen molar-refractivity contribution in [2.24, 2.45) is 0 Å². The fraction of sp³-hybridized carbons (Fsp3) is 0.538. The van der Waals surface area contributed by atoms with Crippen LogP contribution in [-0.4, -0.2) is 20.3 Å². The van der Waals surface area contributed by atoms with Gasteiger partial charge in [0, 0.05) is 25.3 Å². The minimum atomic E-state index is -0.244. The van der Waals surface area contributed by atoms with Crippen LogP contribution in [0.2, 0.25) is 5.02 Å². The summed E-state index contributed by atoms with van der Waals surface area (Å²) in [6, 6.07) is 4.43. The Morgan fingerprint density at radius 1 is 1.29 bits per heavy atom. The molecule has 0 atom stereocenters. The Hall–Kier alpha value is -0.640. The van der Waals surface area contributed by atoms with E-state index >= 15 is 0 Å². The van der Waals surface area contributed by atoms with E-state index in [1.54, 1.807) is 13.2 Å². The Kier molecular flexibility index (Phi) is 7.17. The zero-order chi connectivity index (χ0) is 12.5. The average Bonchev–Trinajstić information content (AvgIpc) is 2.32. The summed E-state index contributed by atoms with van der Waals surface area (Å²) in [4.78, 5) is 0. The maximum atomic E-state index is 13.0. The van der Waals surface area contributed by atoms with Crippen LogP contribution in [-0.2, 0) is 11.3 Å². The van der Waals surface area contributed by atoms with E-state index in [-0.39, 0.29) is 5.82 Å². The van der Waals surface area contributed by atoms with Gasteiger partial charge >= 0.3 is 0 Å². The van der Waals surface area contributed by atoms with Crippen LogP contribution in [0, 0.1) is 5.82 Å². The first-order chi connectivity index (χ1) is 8.24. The lowest BCUT2D eigenvalue weighted by Gasteiger charge is -2.06. The number of methoxy groups -OCH3 is 1. The first kappa shape index (κ1) is 14.4. The zero-order valence-electron chi connectivity index (χ0n) is 10.1. The lowest BCUT2D eigenvalue weighted by atomic mass is 10.2. The third-order valence-electron chi connectivity index (χ3n) is 2.53. The van der Waals surface area contributed by atoms with Gasteiger partial charge in [0.25, 0.3) is 0 Å². The summed E-state index contributed by atoms with van der Waals surface area (Å²) in [5.41, 5.74) is 0.809. The molecule has 0 aromatic heterocycles. The van der Waals surface area contributed by atoms with Crippen LogP contribution in [0.5, 0.6) is 0 Å². The first-order valence-corrected chi connectivity index (χ1v) is 6.25. The van der Waals surface area contributed by atoms with E-state index in [9.17, 15) is 4.39 Å². The van der Waals surface area contributed by atoms with Gasteiger partial charge in [-0.3, -0.25) is 0 Å². The van der Waals surface area contributed by atoms with Gasteiger partial charge in [-0.05, 0) is 49.6 Å². The minimum absolute atomic E-state index is 0.244. The molecule has 0 aliphatic heterocycles. The molecule has 0 spiro atoms. The average molecular weight is 260 g/mol. The maximum absolute atomic E-state index is 13.0. The molecule has 4 heteroatoms. The molecule has 1 rings (SSSR count). The number of unbranched alkanes of at least 4 members (excludes halogenated alkanes) is 2. The standard InChI is InChI=1S/C13H19ClFNO/c1-17-8-4-2-3-7-16-10-11-9-12(15)5-6-13(11)14/h5-6,9,16H,2-4,7-8,10H2,1H3. The smallest absolute Gasteiger partial charge is 0.123 e. The topological polar surface area (TPSA) is 21.3 Å². The van der Waals surface area contributed by atoms with Crippen molar-refractivity contribution in [2.75, 3.05) is 20.3 Å². The second-order valence-electron chi connectivity index (χ2n) is 3.97. The van der Waals surface area contributed by atoms with Crippen LogP contribution >= 0.6 is 11.6 Å². The second-order valence-corrected chi connectivity index (χ2v) is 4.37. The lowest BCUT2D eigenvalue weighted by Crippen LogP contribution is -2.15. The van der Waals surface area contributed by atoms with Crippen LogP contribution < -0.4 is 5.32 Å². The molecule has 0 saturated heterocycles. The largest absolute Gasteiger partial charge is 0.385 e. The Balaban J connectivity index is 2.15. The van der Waals surface area contributed by atoms with Gasteiger partial charge in [0.2, 0.25) is 0 Å². The van der Waals surface area contributed by atoms with Gasteiger partial charge in [0.15, 0.2) is 0 Å². The van der Waals surface area contributed by atoms with Crippen molar-refractivity contribution in [2.45, 2.75) is 25.8 Å². The van der Waals surface area contributed by atoms with Gasteiger partial charge in [0.1, 0.15) is 5.82 Å². The Morgan fingerprint density at radius 2 is 2.12 bits per heavy atom. The molecule has 0 radical (unpaired) electrons. The van der Waals surface area contributed by atoms with Gasteiger partial charge in [-0.15, -0.1) is 0 Å². The monoisotopic (exact) mass is 259 g/mol. The van der Waals surface area contributed by atoms with Crippen molar-refractivity contribution >= 4 is 11.6 Å². The molecule has 0 bridgehead atoms. The number of nitrogens with one attached hydrogen (secondary N) is 1. The quantitative estimate of drug-likeness (QED) is 0.723. The van der Waals surface area contributed by atoms with Crippen LogP contribution in [0.4, 0.5) is 4.39 Å². The molecule has 0 amide bonds. The Morgan fingerprint density at radius 3 is 2.88 bits per heavy atom. The van der Waals surface area contributed by atoms with Gasteiger partial charge in [-0.25, -0.2) is 4.39 Å². The van der Waals surface area contributed by atoms with E-state index in [1.165, 1.54) is 12.1 Å². The molecule has 1 aromatic rings. The molecule has 0 unspecified atom stereocenters. The summed E-state index contributed by atoms with van der Waals surface area (Å²) in [6.07, 6.45) is 3.31. The highest BCUT2D eigenvalue weighted by Gasteiger charge is 2.01. The normalized spacial score (nSPS) is 10.8. The third kappa shape index (κ3) is 6.01. The molecular formula is C13H19ClFNO. The van der Waals surface area contributed by atoms with Crippen molar-refractivity contribution < 1.29 is 9.13 Å². The maximum Gasteiger partial charge on any atom is 0.123 e. The summed E-state index contributed by atoms with van der Waals surface area (Å²) in [7, 11) is 1.71. The van der Waals surface area contributed by atoms with Gasteiger partial charge in [-0.1, -0.05) is 11.6 Å². The number of hydrogen-bond donors (Lipinski definition) is 1. The second kappa shape index (κ2) is 8.45. The van der Waals surface area contributed by atoms with Crippen molar-refractivity contribution in [1.82, 2.24) is 5.32 Å². The molecule has 0 saturated carbocycles. The van der Waals surface area contributed by atoms with Gasteiger partial charge in [0.05, 0.1) is 0 Å². The summed E-state index contributed by atoms with van der Waals surface area (Å²) in [6.45, 7) is 2.34. The molecule has 0 aliphatic rings. The number of halogens is 2. The van der Waals surface area contributed by atoms with Crippen LogP contribution in [0.25, 0.3) is 0 Å². The molecular weight excluding hydrogens is 241 g/mol. The van der Waals surface area contributed by atoms with Gasteiger partial charge in [-0.2, -0.15) is 0 Å². The molecule has 0 fully saturated rings. The first-order valence-electron chi connectivity index (χ1n) is 5.87. The van der Waals surface area contributed by atoms with Crippen LogP contribution in [0.1, 0.15) is 24.8 Å². The zero-order valence-corrected chi connectivity index (χ0v) is 10.9. The summed E-state index contributed by atoms with van der Waals surface area (Å²) in [5, 5.41) is 3.86. The minimum Gasteiger partial charge on any atom is -0.385 e. The van der Waals surface area contributed by atoms with E-state index in [0.29, 0.717) is 11.6 Å². The predicted octanol–water partition coefficient (Wildman–Crippen LogP) is 3.39. The molecule has 1 aromatic carbocycles. The summed E-state index contributed by atoms with van der Waals surface area (Å²) < 4.78 is 17.9. The number of ether oxygens (including phenoxy) is 1. The van der Waals surface area contributed by atoms with Crippen LogP contribution in [0.3, 0.4) is 0 Å². The van der Waals surface area contributed by atoms with Crippen molar-refractivity contribution in [3.05, 3.63) is 34.6 Å². The van der Waals surface area contributed by atoms with E-state index < -0.39 is 0 Å². The van der Waals surface area contributed by atoms with Crippen molar-refractivity contribution in [3.8, 4) is 0 Å². The third-order valence-corrected chi connectivity index (χ3v) is 2.89. The van der Waals surface area contributed by atoms with Gasteiger partial charge < -0.3 is 10.1 Å². The molecule has 2 nitrogen and oxygen atoms in total. The van der Waals surface area contributed by atoms with E-state index in [4.69, 9.17) is 16.3 Å².